The minimum atomic E-state index is -0.966. The van der Waals surface area contributed by atoms with Gasteiger partial charge >= 0.3 is 5.97 Å². The van der Waals surface area contributed by atoms with Crippen LogP contribution in [0.3, 0.4) is 0 Å². The van der Waals surface area contributed by atoms with E-state index in [2.05, 4.69) is 57.2 Å². The number of methoxy groups -OCH3 is 1. The number of carboxylic acid groups (broad SMARTS) is 1. The van der Waals surface area contributed by atoms with Gasteiger partial charge < -0.3 is 19.3 Å². The van der Waals surface area contributed by atoms with Crippen molar-refractivity contribution in [1.82, 2.24) is 0 Å². The predicted octanol–water partition coefficient (Wildman–Crippen LogP) is 6.14. The van der Waals surface area contributed by atoms with Crippen LogP contribution in [0.5, 0.6) is 11.5 Å². The summed E-state index contributed by atoms with van der Waals surface area (Å²) >= 11 is 0. The van der Waals surface area contributed by atoms with Gasteiger partial charge in [0.25, 0.3) is 0 Å². The van der Waals surface area contributed by atoms with Gasteiger partial charge in [-0.05, 0) is 51.9 Å². The molecule has 0 amide bonds. The SMILES string of the molecule is COC(Cc1ccc(OCCCOc2ccc(-c3ccc(C(C)(C)C)cc3)cc2)cc1)C(=O)O. The van der Waals surface area contributed by atoms with Gasteiger partial charge in [0.2, 0.25) is 0 Å². The monoisotopic (exact) mass is 462 g/mol. The van der Waals surface area contributed by atoms with Crippen molar-refractivity contribution >= 4 is 5.97 Å². The molecule has 0 bridgehead atoms. The Morgan fingerprint density at radius 3 is 1.71 bits per heavy atom. The lowest BCUT2D eigenvalue weighted by Crippen LogP contribution is -2.24. The smallest absolute Gasteiger partial charge is 0.333 e. The molecular formula is C29H34O5. The Hall–Kier alpha value is -3.31. The van der Waals surface area contributed by atoms with Gasteiger partial charge in [-0.3, -0.25) is 0 Å². The van der Waals surface area contributed by atoms with Crippen LogP contribution in [-0.4, -0.2) is 37.5 Å². The van der Waals surface area contributed by atoms with Gasteiger partial charge in [0.05, 0.1) is 13.2 Å². The molecule has 0 aliphatic carbocycles. The third kappa shape index (κ3) is 7.35. The van der Waals surface area contributed by atoms with Crippen LogP contribution in [0.1, 0.15) is 38.3 Å². The molecule has 3 rings (SSSR count). The molecule has 1 N–H and O–H groups in total. The fourth-order valence-electron chi connectivity index (χ4n) is 3.55. The van der Waals surface area contributed by atoms with Crippen molar-refractivity contribution < 1.29 is 24.1 Å². The first-order valence-electron chi connectivity index (χ1n) is 11.6. The zero-order valence-electron chi connectivity index (χ0n) is 20.4. The number of aliphatic carboxylic acids is 1. The molecule has 0 saturated heterocycles. The quantitative estimate of drug-likeness (QED) is 0.347. The molecule has 3 aromatic carbocycles. The standard InChI is InChI=1S/C29H34O5/c1-29(2,3)24-12-8-22(9-13-24)23-10-16-26(17-11-23)34-19-5-18-33-25-14-6-21(7-15-25)20-27(32-4)28(30)31/h6-17,27H,5,18-20H2,1-4H3,(H,30,31). The maximum atomic E-state index is 11.1. The van der Waals surface area contributed by atoms with Gasteiger partial charge in [0.1, 0.15) is 11.5 Å². The van der Waals surface area contributed by atoms with Gasteiger partial charge in [-0.15, -0.1) is 0 Å². The van der Waals surface area contributed by atoms with Crippen molar-refractivity contribution in [2.24, 2.45) is 0 Å². The molecule has 0 aliphatic heterocycles. The average Bonchev–Trinajstić information content (AvgIpc) is 2.83. The molecule has 0 saturated carbocycles. The van der Waals surface area contributed by atoms with Crippen LogP contribution in [0.4, 0.5) is 0 Å². The molecule has 0 fully saturated rings. The summed E-state index contributed by atoms with van der Waals surface area (Å²) in [5.74, 6) is 0.618. The molecule has 0 aromatic heterocycles. The van der Waals surface area contributed by atoms with Gasteiger partial charge in [-0.1, -0.05) is 69.3 Å². The fraction of sp³-hybridized carbons (Fsp3) is 0.345. The van der Waals surface area contributed by atoms with Crippen molar-refractivity contribution in [2.75, 3.05) is 20.3 Å². The van der Waals surface area contributed by atoms with Crippen molar-refractivity contribution in [3.05, 3.63) is 83.9 Å². The van der Waals surface area contributed by atoms with E-state index >= 15 is 0 Å². The maximum Gasteiger partial charge on any atom is 0.333 e. The Bertz CT molecular complexity index is 1030. The third-order valence-corrected chi connectivity index (χ3v) is 5.67. The van der Waals surface area contributed by atoms with E-state index in [9.17, 15) is 4.79 Å². The van der Waals surface area contributed by atoms with E-state index in [0.717, 1.165) is 23.5 Å². The molecule has 1 atom stereocenters. The second-order valence-corrected chi connectivity index (χ2v) is 9.31. The normalized spacial score (nSPS) is 12.2. The van der Waals surface area contributed by atoms with Gasteiger partial charge in [-0.25, -0.2) is 4.79 Å². The van der Waals surface area contributed by atoms with Gasteiger partial charge in [0.15, 0.2) is 6.10 Å². The summed E-state index contributed by atoms with van der Waals surface area (Å²) in [4.78, 5) is 11.1. The first-order chi connectivity index (χ1) is 16.3. The summed E-state index contributed by atoms with van der Waals surface area (Å²) in [5.41, 5.74) is 4.73. The predicted molar refractivity (Wildman–Crippen MR) is 135 cm³/mol. The lowest BCUT2D eigenvalue weighted by Gasteiger charge is -2.19. The highest BCUT2D eigenvalue weighted by Crippen LogP contribution is 2.27. The van der Waals surface area contributed by atoms with Crippen molar-refractivity contribution in [3.63, 3.8) is 0 Å². The van der Waals surface area contributed by atoms with Gasteiger partial charge in [-0.2, -0.15) is 0 Å². The summed E-state index contributed by atoms with van der Waals surface area (Å²) in [6, 6.07) is 24.3. The summed E-state index contributed by atoms with van der Waals surface area (Å²) < 4.78 is 16.6. The van der Waals surface area contributed by atoms with E-state index in [1.807, 2.05) is 36.4 Å². The number of ether oxygens (including phenoxy) is 3. The minimum Gasteiger partial charge on any atom is -0.493 e. The van der Waals surface area contributed by atoms with Crippen LogP contribution in [0.25, 0.3) is 11.1 Å². The fourth-order valence-corrected chi connectivity index (χ4v) is 3.55. The molecule has 5 heteroatoms. The molecule has 180 valence electrons. The molecule has 0 radical (unpaired) electrons. The largest absolute Gasteiger partial charge is 0.493 e. The number of hydrogen-bond donors (Lipinski definition) is 1. The molecule has 0 aliphatic rings. The lowest BCUT2D eigenvalue weighted by atomic mass is 9.86. The van der Waals surface area contributed by atoms with Crippen LogP contribution in [-0.2, 0) is 21.4 Å². The lowest BCUT2D eigenvalue weighted by molar-refractivity contribution is -0.148. The molecule has 1 unspecified atom stereocenters. The number of rotatable bonds is 11. The molecule has 5 nitrogen and oxygen atoms in total. The van der Waals surface area contributed by atoms with Crippen LogP contribution < -0.4 is 9.47 Å². The van der Waals surface area contributed by atoms with Crippen LogP contribution >= 0.6 is 0 Å². The van der Waals surface area contributed by atoms with Crippen molar-refractivity contribution in [1.29, 1.82) is 0 Å². The molecule has 0 spiro atoms. The summed E-state index contributed by atoms with van der Waals surface area (Å²) in [6.07, 6.45) is 0.232. The highest BCUT2D eigenvalue weighted by atomic mass is 16.5. The summed E-state index contributed by atoms with van der Waals surface area (Å²) in [7, 11) is 1.40. The molecular weight excluding hydrogens is 428 g/mol. The van der Waals surface area contributed by atoms with Crippen molar-refractivity contribution in [2.45, 2.75) is 45.1 Å². The Morgan fingerprint density at radius 2 is 1.26 bits per heavy atom. The van der Waals surface area contributed by atoms with E-state index in [1.54, 1.807) is 0 Å². The Labute approximate surface area is 202 Å². The number of carbonyl (C=O) groups is 1. The topological polar surface area (TPSA) is 65.0 Å². The Kier molecular flexibility index (Phi) is 8.72. The van der Waals surface area contributed by atoms with Gasteiger partial charge in [0, 0.05) is 20.0 Å². The van der Waals surface area contributed by atoms with Crippen molar-refractivity contribution in [3.8, 4) is 22.6 Å². The Morgan fingerprint density at radius 1 is 0.794 bits per heavy atom. The van der Waals surface area contributed by atoms with E-state index in [1.165, 1.54) is 23.8 Å². The van der Waals surface area contributed by atoms with E-state index < -0.39 is 12.1 Å². The molecule has 34 heavy (non-hydrogen) atoms. The first-order valence-corrected chi connectivity index (χ1v) is 11.6. The minimum absolute atomic E-state index is 0.152. The second-order valence-electron chi connectivity index (χ2n) is 9.31. The number of hydrogen-bond acceptors (Lipinski definition) is 4. The van der Waals surface area contributed by atoms with Crippen LogP contribution in [0, 0.1) is 0 Å². The van der Waals surface area contributed by atoms with E-state index in [-0.39, 0.29) is 5.41 Å². The zero-order valence-corrected chi connectivity index (χ0v) is 20.4. The summed E-state index contributed by atoms with van der Waals surface area (Å²) in [6.45, 7) is 7.75. The van der Waals surface area contributed by atoms with E-state index in [4.69, 9.17) is 19.3 Å². The van der Waals surface area contributed by atoms with Crippen LogP contribution in [0.15, 0.2) is 72.8 Å². The average molecular weight is 463 g/mol. The number of benzene rings is 3. The highest BCUT2D eigenvalue weighted by molar-refractivity contribution is 5.72. The Balaban J connectivity index is 1.40. The van der Waals surface area contributed by atoms with Crippen LogP contribution in [0.2, 0.25) is 0 Å². The number of carboxylic acids is 1. The highest BCUT2D eigenvalue weighted by Gasteiger charge is 2.16. The molecule has 3 aromatic rings. The van der Waals surface area contributed by atoms with E-state index in [0.29, 0.717) is 19.6 Å². The first kappa shape index (κ1) is 25.3. The maximum absolute atomic E-state index is 11.1. The zero-order chi connectivity index (χ0) is 24.6. The third-order valence-electron chi connectivity index (χ3n) is 5.67. The summed E-state index contributed by atoms with van der Waals surface area (Å²) in [5, 5.41) is 9.08. The second kappa shape index (κ2) is 11.7. The molecule has 0 heterocycles.